The summed E-state index contributed by atoms with van der Waals surface area (Å²) in [5, 5.41) is 3.36. The van der Waals surface area contributed by atoms with Gasteiger partial charge in [0.15, 0.2) is 0 Å². The summed E-state index contributed by atoms with van der Waals surface area (Å²) in [7, 11) is 0. The third kappa shape index (κ3) is 3.68. The van der Waals surface area contributed by atoms with Crippen LogP contribution in [0.15, 0.2) is 0 Å². The van der Waals surface area contributed by atoms with Crippen molar-refractivity contribution >= 4 is 5.91 Å². The van der Waals surface area contributed by atoms with Crippen molar-refractivity contribution in [1.82, 2.24) is 15.1 Å². The zero-order valence-corrected chi connectivity index (χ0v) is 11.0. The van der Waals surface area contributed by atoms with E-state index >= 15 is 0 Å². The Morgan fingerprint density at radius 2 is 1.88 bits per heavy atom. The van der Waals surface area contributed by atoms with Gasteiger partial charge in [0, 0.05) is 38.8 Å². The first-order chi connectivity index (χ1) is 8.27. The van der Waals surface area contributed by atoms with Crippen LogP contribution in [0.3, 0.4) is 0 Å². The van der Waals surface area contributed by atoms with E-state index in [-0.39, 0.29) is 0 Å². The molecule has 2 fully saturated rings. The average Bonchev–Trinajstić information content (AvgIpc) is 2.61. The molecule has 0 spiro atoms. The van der Waals surface area contributed by atoms with Crippen molar-refractivity contribution in [2.75, 3.05) is 39.3 Å². The van der Waals surface area contributed by atoms with Crippen LogP contribution in [0.5, 0.6) is 0 Å². The smallest absolute Gasteiger partial charge is 0.236 e. The fraction of sp³-hybridized carbons (Fsp3) is 0.923. The Labute approximate surface area is 104 Å². The summed E-state index contributed by atoms with van der Waals surface area (Å²) in [6, 6.07) is 0.486. The first-order valence-electron chi connectivity index (χ1n) is 7.00. The second-order valence-corrected chi connectivity index (χ2v) is 5.32. The van der Waals surface area contributed by atoms with Gasteiger partial charge in [-0.2, -0.15) is 0 Å². The number of carbonyl (C=O) groups is 1. The van der Waals surface area contributed by atoms with Crippen molar-refractivity contribution in [2.24, 2.45) is 0 Å². The first kappa shape index (κ1) is 12.8. The highest BCUT2D eigenvalue weighted by molar-refractivity contribution is 5.78. The van der Waals surface area contributed by atoms with Crippen LogP contribution in [0.4, 0.5) is 0 Å². The predicted molar refractivity (Wildman–Crippen MR) is 69.0 cm³/mol. The first-order valence-corrected chi connectivity index (χ1v) is 7.00. The van der Waals surface area contributed by atoms with Gasteiger partial charge in [-0.15, -0.1) is 0 Å². The lowest BCUT2D eigenvalue weighted by atomic mass is 10.2. The number of carbonyl (C=O) groups excluding carboxylic acids is 1. The van der Waals surface area contributed by atoms with Gasteiger partial charge in [0.05, 0.1) is 6.54 Å². The number of piperazine rings is 1. The van der Waals surface area contributed by atoms with Crippen molar-refractivity contribution in [3.63, 3.8) is 0 Å². The maximum absolute atomic E-state index is 12.2. The Kier molecular flexibility index (Phi) is 4.80. The summed E-state index contributed by atoms with van der Waals surface area (Å²) in [5.74, 6) is 0.334. The summed E-state index contributed by atoms with van der Waals surface area (Å²) in [6.07, 6.45) is 4.94. The third-order valence-electron chi connectivity index (χ3n) is 3.94. The molecule has 1 N–H and O–H groups in total. The molecule has 0 saturated carbocycles. The molecular formula is C13H25N3O. The molecule has 2 saturated heterocycles. The summed E-state index contributed by atoms with van der Waals surface area (Å²) >= 11 is 0. The third-order valence-corrected chi connectivity index (χ3v) is 3.94. The fourth-order valence-corrected chi connectivity index (χ4v) is 2.71. The number of hydrogen-bond donors (Lipinski definition) is 1. The van der Waals surface area contributed by atoms with Crippen LogP contribution in [-0.4, -0.2) is 61.0 Å². The van der Waals surface area contributed by atoms with Crippen LogP contribution >= 0.6 is 0 Å². The van der Waals surface area contributed by atoms with E-state index in [0.29, 0.717) is 18.5 Å². The highest BCUT2D eigenvalue weighted by atomic mass is 16.2. The van der Waals surface area contributed by atoms with Crippen LogP contribution in [0.2, 0.25) is 0 Å². The average molecular weight is 239 g/mol. The molecule has 98 valence electrons. The van der Waals surface area contributed by atoms with Crippen molar-refractivity contribution in [1.29, 1.82) is 0 Å². The zero-order valence-electron chi connectivity index (χ0n) is 11.0. The number of amides is 1. The Morgan fingerprint density at radius 3 is 2.53 bits per heavy atom. The van der Waals surface area contributed by atoms with E-state index in [9.17, 15) is 4.79 Å². The molecule has 2 aliphatic rings. The lowest BCUT2D eigenvalue weighted by molar-refractivity contribution is -0.133. The second kappa shape index (κ2) is 6.36. The minimum absolute atomic E-state index is 0.334. The van der Waals surface area contributed by atoms with Crippen molar-refractivity contribution in [3.8, 4) is 0 Å². The molecule has 0 aromatic carbocycles. The number of likely N-dealkylation sites (tertiary alicyclic amines) is 1. The maximum atomic E-state index is 12.2. The van der Waals surface area contributed by atoms with E-state index in [2.05, 4.69) is 22.0 Å². The van der Waals surface area contributed by atoms with E-state index in [4.69, 9.17) is 0 Å². The molecule has 4 heteroatoms. The maximum Gasteiger partial charge on any atom is 0.236 e. The van der Waals surface area contributed by atoms with E-state index < -0.39 is 0 Å². The van der Waals surface area contributed by atoms with E-state index in [1.54, 1.807) is 0 Å². The molecule has 1 atom stereocenters. The number of nitrogens with one attached hydrogen (secondary N) is 1. The van der Waals surface area contributed by atoms with Crippen LogP contribution < -0.4 is 5.32 Å². The largest absolute Gasteiger partial charge is 0.342 e. The molecular weight excluding hydrogens is 214 g/mol. The predicted octanol–water partition coefficient (Wildman–Crippen LogP) is 0.683. The molecule has 2 rings (SSSR count). The molecule has 2 heterocycles. The monoisotopic (exact) mass is 239 g/mol. The van der Waals surface area contributed by atoms with Crippen LogP contribution in [0, 0.1) is 0 Å². The quantitative estimate of drug-likeness (QED) is 0.770. The van der Waals surface area contributed by atoms with Gasteiger partial charge in [0.2, 0.25) is 5.91 Å². The van der Waals surface area contributed by atoms with E-state index in [0.717, 1.165) is 32.7 Å². The molecule has 1 amide bonds. The summed E-state index contributed by atoms with van der Waals surface area (Å²) < 4.78 is 0. The highest BCUT2D eigenvalue weighted by Gasteiger charge is 2.23. The van der Waals surface area contributed by atoms with Crippen molar-refractivity contribution in [3.05, 3.63) is 0 Å². The van der Waals surface area contributed by atoms with Gasteiger partial charge in [0.25, 0.3) is 0 Å². The summed E-state index contributed by atoms with van der Waals surface area (Å²) in [4.78, 5) is 16.6. The molecule has 0 aromatic heterocycles. The van der Waals surface area contributed by atoms with Gasteiger partial charge in [0.1, 0.15) is 0 Å². The van der Waals surface area contributed by atoms with Gasteiger partial charge in [-0.25, -0.2) is 0 Å². The fourth-order valence-electron chi connectivity index (χ4n) is 2.71. The van der Waals surface area contributed by atoms with Crippen LogP contribution in [0.1, 0.15) is 32.6 Å². The normalized spacial score (nSPS) is 27.8. The molecule has 0 bridgehead atoms. The van der Waals surface area contributed by atoms with Gasteiger partial charge >= 0.3 is 0 Å². The summed E-state index contributed by atoms with van der Waals surface area (Å²) in [6.45, 7) is 7.77. The van der Waals surface area contributed by atoms with Gasteiger partial charge in [-0.05, 0) is 19.8 Å². The Balaban J connectivity index is 1.82. The minimum atomic E-state index is 0.334. The molecule has 17 heavy (non-hydrogen) atoms. The van der Waals surface area contributed by atoms with Gasteiger partial charge in [-0.1, -0.05) is 12.8 Å². The van der Waals surface area contributed by atoms with Gasteiger partial charge in [-0.3, -0.25) is 9.69 Å². The lowest BCUT2D eigenvalue weighted by Crippen LogP contribution is -2.53. The molecule has 4 nitrogen and oxygen atoms in total. The van der Waals surface area contributed by atoms with E-state index in [1.165, 1.54) is 25.7 Å². The number of hydrogen-bond acceptors (Lipinski definition) is 3. The Morgan fingerprint density at radius 1 is 1.18 bits per heavy atom. The van der Waals surface area contributed by atoms with Crippen molar-refractivity contribution < 1.29 is 4.79 Å². The topological polar surface area (TPSA) is 35.6 Å². The number of nitrogens with zero attached hydrogens (tertiary/aromatic N) is 2. The molecule has 0 radical (unpaired) electrons. The van der Waals surface area contributed by atoms with Crippen LogP contribution in [-0.2, 0) is 4.79 Å². The van der Waals surface area contributed by atoms with Crippen molar-refractivity contribution in [2.45, 2.75) is 38.6 Å². The van der Waals surface area contributed by atoms with Crippen LogP contribution in [0.25, 0.3) is 0 Å². The lowest BCUT2D eigenvalue weighted by Gasteiger charge is -2.34. The molecule has 0 aromatic rings. The van der Waals surface area contributed by atoms with E-state index in [1.807, 2.05) is 0 Å². The SMILES string of the molecule is C[C@@H]1CNCCN1CC(=O)N1CCCCCC1. The molecule has 2 aliphatic heterocycles. The molecule has 0 aliphatic carbocycles. The second-order valence-electron chi connectivity index (χ2n) is 5.32. The number of rotatable bonds is 2. The Bertz CT molecular complexity index is 249. The minimum Gasteiger partial charge on any atom is -0.342 e. The van der Waals surface area contributed by atoms with Gasteiger partial charge < -0.3 is 10.2 Å². The summed E-state index contributed by atoms with van der Waals surface area (Å²) in [5.41, 5.74) is 0. The highest BCUT2D eigenvalue weighted by Crippen LogP contribution is 2.11. The zero-order chi connectivity index (χ0) is 12.1. The molecule has 0 unspecified atom stereocenters. The Hall–Kier alpha value is -0.610. The standard InChI is InChI=1S/C13H25N3O/c1-12-10-14-6-9-16(12)11-13(17)15-7-4-2-3-5-8-15/h12,14H,2-11H2,1H3/t12-/m1/s1.